The Bertz CT molecular complexity index is 1100. The zero-order valence-corrected chi connectivity index (χ0v) is 19.5. The van der Waals surface area contributed by atoms with Crippen LogP contribution in [0.2, 0.25) is 0 Å². The summed E-state index contributed by atoms with van der Waals surface area (Å²) in [5.74, 6) is 7.70. The Kier molecular flexibility index (Phi) is 6.92. The highest BCUT2D eigenvalue weighted by atomic mass is 19.1. The summed E-state index contributed by atoms with van der Waals surface area (Å²) in [5.41, 5.74) is 3.46. The molecule has 3 aliphatic rings. The second-order valence-corrected chi connectivity index (χ2v) is 8.80. The third-order valence-corrected chi connectivity index (χ3v) is 6.24. The van der Waals surface area contributed by atoms with Crippen LogP contribution in [0.4, 0.5) is 4.39 Å². The molecule has 1 saturated carbocycles. The molecule has 1 aromatic rings. The standard InChI is InChI=1S/C27H31FN4O/c1-5-24(29-6-2)26-30-25(18-32-13-15-33-16-14-32)23(11-9-20-7-8-20)27(4,31-26)22-12-10-21(28)17-19(22)3/h5-6,10,12,17,20H,1-2,7-8,13-16,18H2,3-4H3,(H,30,31). The summed E-state index contributed by atoms with van der Waals surface area (Å²) in [6, 6.07) is 4.86. The lowest BCUT2D eigenvalue weighted by molar-refractivity contribution is 0.0417. The molecule has 1 saturated heterocycles. The maximum absolute atomic E-state index is 14.0. The van der Waals surface area contributed by atoms with Crippen LogP contribution in [0.15, 0.2) is 64.9 Å². The van der Waals surface area contributed by atoms with E-state index in [9.17, 15) is 4.39 Å². The van der Waals surface area contributed by atoms with Crippen molar-refractivity contribution >= 4 is 11.5 Å². The zero-order valence-electron chi connectivity index (χ0n) is 19.5. The van der Waals surface area contributed by atoms with Crippen molar-refractivity contribution in [2.75, 3.05) is 32.8 Å². The number of hydrogen-bond acceptors (Lipinski definition) is 5. The van der Waals surface area contributed by atoms with Crippen molar-refractivity contribution in [1.29, 1.82) is 0 Å². The molecule has 2 aliphatic heterocycles. The largest absolute Gasteiger partial charge is 0.379 e. The van der Waals surface area contributed by atoms with E-state index >= 15 is 0 Å². The van der Waals surface area contributed by atoms with Crippen LogP contribution in [-0.4, -0.2) is 49.3 Å². The molecule has 1 aromatic carbocycles. The summed E-state index contributed by atoms with van der Waals surface area (Å²) < 4.78 is 19.5. The van der Waals surface area contributed by atoms with E-state index in [1.54, 1.807) is 12.1 Å². The number of aryl methyl sites for hydroxylation is 1. The number of nitrogens with one attached hydrogen (secondary N) is 1. The Morgan fingerprint density at radius 3 is 2.76 bits per heavy atom. The number of ether oxygens (including phenoxy) is 1. The molecule has 1 atom stereocenters. The monoisotopic (exact) mass is 446 g/mol. The summed E-state index contributed by atoms with van der Waals surface area (Å²) in [5, 5.41) is 3.51. The zero-order chi connectivity index (χ0) is 23.4. The van der Waals surface area contributed by atoms with Crippen LogP contribution in [0.3, 0.4) is 0 Å². The Morgan fingerprint density at radius 2 is 2.12 bits per heavy atom. The number of halogens is 1. The molecule has 172 valence electrons. The molecule has 4 rings (SSSR count). The highest BCUT2D eigenvalue weighted by Crippen LogP contribution is 2.40. The van der Waals surface area contributed by atoms with Gasteiger partial charge in [-0.15, -0.1) is 0 Å². The molecule has 0 amide bonds. The fourth-order valence-electron chi connectivity index (χ4n) is 4.31. The highest BCUT2D eigenvalue weighted by Gasteiger charge is 2.39. The number of nitrogens with zero attached hydrogens (tertiary/aromatic N) is 3. The van der Waals surface area contributed by atoms with Crippen LogP contribution in [0.5, 0.6) is 0 Å². The fourth-order valence-corrected chi connectivity index (χ4v) is 4.31. The first-order valence-corrected chi connectivity index (χ1v) is 11.4. The van der Waals surface area contributed by atoms with Crippen molar-refractivity contribution in [1.82, 2.24) is 10.2 Å². The molecule has 1 unspecified atom stereocenters. The maximum atomic E-state index is 14.0. The van der Waals surface area contributed by atoms with Crippen molar-refractivity contribution in [3.63, 3.8) is 0 Å². The van der Waals surface area contributed by atoms with E-state index in [4.69, 9.17) is 9.73 Å². The normalized spacial score (nSPS) is 23.8. The summed E-state index contributed by atoms with van der Waals surface area (Å²) >= 11 is 0. The predicted octanol–water partition coefficient (Wildman–Crippen LogP) is 4.12. The lowest BCUT2D eigenvalue weighted by Crippen LogP contribution is -2.46. The quantitative estimate of drug-likeness (QED) is 0.528. The Labute approximate surface area is 195 Å². The van der Waals surface area contributed by atoms with E-state index in [1.165, 1.54) is 12.3 Å². The lowest BCUT2D eigenvalue weighted by Gasteiger charge is -2.37. The Hall–Kier alpha value is -3.01. The van der Waals surface area contributed by atoms with Crippen molar-refractivity contribution in [2.45, 2.75) is 32.2 Å². The molecule has 0 aromatic heterocycles. The van der Waals surface area contributed by atoms with Crippen LogP contribution in [0.25, 0.3) is 0 Å². The SMILES string of the molecule is C=CN=C(C=C)C1=NC(C)(c2ccc(F)cc2C)C(C#CC2CC2)=C(CN2CCOCC2)N1. The molecular weight excluding hydrogens is 415 g/mol. The second-order valence-electron chi connectivity index (χ2n) is 8.80. The number of aliphatic imine (C=N–C) groups is 2. The average molecular weight is 447 g/mol. The van der Waals surface area contributed by atoms with Gasteiger partial charge in [0.2, 0.25) is 0 Å². The minimum Gasteiger partial charge on any atom is -0.379 e. The summed E-state index contributed by atoms with van der Waals surface area (Å²) in [6.45, 7) is 15.4. The number of rotatable bonds is 6. The van der Waals surface area contributed by atoms with Crippen molar-refractivity contribution in [2.24, 2.45) is 15.9 Å². The van der Waals surface area contributed by atoms with Crippen LogP contribution in [0.1, 0.15) is 30.9 Å². The Balaban J connectivity index is 1.88. The van der Waals surface area contributed by atoms with E-state index in [-0.39, 0.29) is 5.82 Å². The number of amidine groups is 1. The minimum absolute atomic E-state index is 0.263. The molecule has 0 radical (unpaired) electrons. The van der Waals surface area contributed by atoms with Gasteiger partial charge in [-0.3, -0.25) is 9.89 Å². The topological polar surface area (TPSA) is 49.2 Å². The molecule has 2 heterocycles. The van der Waals surface area contributed by atoms with Crippen molar-refractivity contribution < 1.29 is 9.13 Å². The van der Waals surface area contributed by atoms with Gasteiger partial charge in [-0.1, -0.05) is 31.1 Å². The van der Waals surface area contributed by atoms with E-state index in [0.29, 0.717) is 37.2 Å². The molecule has 6 heteroatoms. The summed E-state index contributed by atoms with van der Waals surface area (Å²) in [4.78, 5) is 11.8. The smallest absolute Gasteiger partial charge is 0.152 e. The van der Waals surface area contributed by atoms with Gasteiger partial charge >= 0.3 is 0 Å². The summed E-state index contributed by atoms with van der Waals surface area (Å²) in [6.07, 6.45) is 5.42. The third kappa shape index (κ3) is 5.16. The van der Waals surface area contributed by atoms with Gasteiger partial charge in [0.05, 0.1) is 18.8 Å². The van der Waals surface area contributed by atoms with Crippen molar-refractivity contribution in [3.8, 4) is 11.8 Å². The van der Waals surface area contributed by atoms with Gasteiger partial charge in [0.25, 0.3) is 0 Å². The van der Waals surface area contributed by atoms with E-state index in [1.807, 2.05) is 13.0 Å². The average Bonchev–Trinajstić information content (AvgIpc) is 3.62. The number of benzene rings is 1. The molecule has 0 bridgehead atoms. The third-order valence-electron chi connectivity index (χ3n) is 6.24. The Morgan fingerprint density at radius 1 is 1.36 bits per heavy atom. The fraction of sp³-hybridized carbons (Fsp3) is 0.407. The maximum Gasteiger partial charge on any atom is 0.152 e. The van der Waals surface area contributed by atoms with Gasteiger partial charge in [-0.05, 0) is 56.0 Å². The first-order chi connectivity index (χ1) is 15.9. The van der Waals surface area contributed by atoms with Gasteiger partial charge in [-0.2, -0.15) is 0 Å². The molecule has 0 spiro atoms. The second kappa shape index (κ2) is 9.86. The molecule has 2 fully saturated rings. The van der Waals surface area contributed by atoms with Crippen LogP contribution < -0.4 is 5.32 Å². The van der Waals surface area contributed by atoms with Crippen LogP contribution in [0, 0.1) is 30.5 Å². The first kappa shape index (κ1) is 23.2. The van der Waals surface area contributed by atoms with E-state index in [0.717, 1.165) is 48.3 Å². The van der Waals surface area contributed by atoms with Gasteiger partial charge in [-0.25, -0.2) is 9.38 Å². The highest BCUT2D eigenvalue weighted by molar-refractivity contribution is 6.46. The number of morpholine rings is 1. The number of hydrogen-bond donors (Lipinski definition) is 1. The first-order valence-electron chi connectivity index (χ1n) is 11.4. The molecule has 1 N–H and O–H groups in total. The van der Waals surface area contributed by atoms with E-state index < -0.39 is 5.54 Å². The molecule has 33 heavy (non-hydrogen) atoms. The molecule has 5 nitrogen and oxygen atoms in total. The molecule has 1 aliphatic carbocycles. The minimum atomic E-state index is -0.799. The van der Waals surface area contributed by atoms with Crippen LogP contribution in [-0.2, 0) is 10.3 Å². The van der Waals surface area contributed by atoms with Gasteiger partial charge in [0, 0.05) is 37.4 Å². The van der Waals surface area contributed by atoms with Gasteiger partial charge < -0.3 is 10.1 Å². The van der Waals surface area contributed by atoms with Gasteiger partial charge in [0.1, 0.15) is 17.1 Å². The summed E-state index contributed by atoms with van der Waals surface area (Å²) in [7, 11) is 0. The van der Waals surface area contributed by atoms with Gasteiger partial charge in [0.15, 0.2) is 5.84 Å². The van der Waals surface area contributed by atoms with Crippen molar-refractivity contribution in [3.05, 3.63) is 71.8 Å². The molecular formula is C27H31FN4O. The van der Waals surface area contributed by atoms with E-state index in [2.05, 4.69) is 47.1 Å². The predicted molar refractivity (Wildman–Crippen MR) is 132 cm³/mol. The van der Waals surface area contributed by atoms with Crippen LogP contribution >= 0.6 is 0 Å². The lowest BCUT2D eigenvalue weighted by atomic mass is 9.80.